The fourth-order valence-electron chi connectivity index (χ4n) is 2.00. The molecule has 5 nitrogen and oxygen atoms in total. The summed E-state index contributed by atoms with van der Waals surface area (Å²) in [6.07, 6.45) is 2.45. The smallest absolute Gasteiger partial charge is 0.337 e. The van der Waals surface area contributed by atoms with Crippen molar-refractivity contribution in [2.45, 2.75) is 18.9 Å². The quantitative estimate of drug-likeness (QED) is 0.628. The van der Waals surface area contributed by atoms with Gasteiger partial charge in [-0.25, -0.2) is 4.79 Å². The first kappa shape index (κ1) is 12.7. The molecule has 1 heterocycles. The lowest BCUT2D eigenvalue weighted by Crippen LogP contribution is -2.19. The second-order valence-corrected chi connectivity index (χ2v) is 4.31. The molecular weight excluding hydrogens is 232 g/mol. The van der Waals surface area contributed by atoms with Crippen LogP contribution in [0.4, 0.5) is 11.4 Å². The van der Waals surface area contributed by atoms with Crippen LogP contribution in [0.1, 0.15) is 23.2 Å². The van der Waals surface area contributed by atoms with Gasteiger partial charge in [-0.15, -0.1) is 0 Å². The Kier molecular flexibility index (Phi) is 4.04. The van der Waals surface area contributed by atoms with Crippen LogP contribution in [-0.4, -0.2) is 32.3 Å². The Morgan fingerprint density at radius 2 is 2.44 bits per heavy atom. The maximum atomic E-state index is 11.3. The van der Waals surface area contributed by atoms with Crippen LogP contribution in [0, 0.1) is 0 Å². The molecule has 1 aliphatic heterocycles. The number of benzene rings is 1. The van der Waals surface area contributed by atoms with E-state index in [4.69, 9.17) is 10.5 Å². The molecule has 0 radical (unpaired) electrons. The van der Waals surface area contributed by atoms with E-state index in [-0.39, 0.29) is 12.1 Å². The van der Waals surface area contributed by atoms with Crippen LogP contribution in [0.15, 0.2) is 18.2 Å². The maximum absolute atomic E-state index is 11.3. The van der Waals surface area contributed by atoms with Crippen LogP contribution >= 0.6 is 0 Å². The molecule has 1 aromatic rings. The van der Waals surface area contributed by atoms with Crippen LogP contribution in [0.5, 0.6) is 0 Å². The minimum absolute atomic E-state index is 0.254. The minimum atomic E-state index is -0.382. The summed E-state index contributed by atoms with van der Waals surface area (Å²) in [5, 5.41) is 3.24. The highest BCUT2D eigenvalue weighted by Crippen LogP contribution is 2.21. The van der Waals surface area contributed by atoms with E-state index in [1.165, 1.54) is 7.11 Å². The number of hydrogen-bond donors (Lipinski definition) is 2. The molecule has 0 aromatic heterocycles. The molecular formula is C13H18N2O3. The first-order valence-electron chi connectivity index (χ1n) is 6.04. The van der Waals surface area contributed by atoms with Gasteiger partial charge in [0.1, 0.15) is 0 Å². The van der Waals surface area contributed by atoms with Crippen molar-refractivity contribution >= 4 is 17.3 Å². The summed E-state index contributed by atoms with van der Waals surface area (Å²) >= 11 is 0. The van der Waals surface area contributed by atoms with Crippen molar-refractivity contribution in [2.24, 2.45) is 0 Å². The number of rotatable bonds is 4. The third-order valence-corrected chi connectivity index (χ3v) is 3.02. The first-order chi connectivity index (χ1) is 8.70. The number of anilines is 2. The standard InChI is InChI=1S/C13H18N2O3/c1-17-13(16)9-4-5-12(11(14)7-9)15-8-10-3-2-6-18-10/h4-5,7,10,15H,2-3,6,8,14H2,1H3/t10-/m0/s1. The highest BCUT2D eigenvalue weighted by Gasteiger charge is 2.15. The van der Waals surface area contributed by atoms with Crippen molar-refractivity contribution in [1.82, 2.24) is 0 Å². The van der Waals surface area contributed by atoms with E-state index in [0.717, 1.165) is 31.7 Å². The van der Waals surface area contributed by atoms with Crippen molar-refractivity contribution in [3.63, 3.8) is 0 Å². The largest absolute Gasteiger partial charge is 0.465 e. The molecule has 1 aliphatic rings. The zero-order chi connectivity index (χ0) is 13.0. The van der Waals surface area contributed by atoms with Gasteiger partial charge in [-0.05, 0) is 31.0 Å². The molecule has 0 amide bonds. The molecule has 0 spiro atoms. The predicted molar refractivity (Wildman–Crippen MR) is 69.7 cm³/mol. The second kappa shape index (κ2) is 5.73. The average molecular weight is 250 g/mol. The Morgan fingerprint density at radius 3 is 3.06 bits per heavy atom. The molecule has 3 N–H and O–H groups in total. The van der Waals surface area contributed by atoms with Gasteiger partial charge in [-0.3, -0.25) is 0 Å². The summed E-state index contributed by atoms with van der Waals surface area (Å²) in [4.78, 5) is 11.3. The van der Waals surface area contributed by atoms with Crippen LogP contribution in [0.3, 0.4) is 0 Å². The Morgan fingerprint density at radius 1 is 1.61 bits per heavy atom. The number of carbonyl (C=O) groups excluding carboxylic acids is 1. The second-order valence-electron chi connectivity index (χ2n) is 4.31. The molecule has 0 unspecified atom stereocenters. The van der Waals surface area contributed by atoms with Crippen molar-refractivity contribution in [2.75, 3.05) is 31.3 Å². The van der Waals surface area contributed by atoms with E-state index in [0.29, 0.717) is 11.3 Å². The van der Waals surface area contributed by atoms with Crippen LogP contribution in [0.25, 0.3) is 0 Å². The van der Waals surface area contributed by atoms with Crippen LogP contribution in [0.2, 0.25) is 0 Å². The molecule has 0 saturated carbocycles. The molecule has 18 heavy (non-hydrogen) atoms. The number of nitrogens with two attached hydrogens (primary N) is 1. The summed E-state index contributed by atoms with van der Waals surface area (Å²) in [5.41, 5.74) is 7.70. The number of ether oxygens (including phenoxy) is 2. The summed E-state index contributed by atoms with van der Waals surface area (Å²) in [6.45, 7) is 1.57. The van der Waals surface area contributed by atoms with Gasteiger partial charge >= 0.3 is 5.97 Å². The fourth-order valence-corrected chi connectivity index (χ4v) is 2.00. The number of methoxy groups -OCH3 is 1. The van der Waals surface area contributed by atoms with Crippen LogP contribution in [-0.2, 0) is 9.47 Å². The summed E-state index contributed by atoms with van der Waals surface area (Å²) in [7, 11) is 1.35. The van der Waals surface area contributed by atoms with Gasteiger partial charge in [0.05, 0.1) is 30.2 Å². The van der Waals surface area contributed by atoms with Gasteiger partial charge < -0.3 is 20.5 Å². The topological polar surface area (TPSA) is 73.6 Å². The predicted octanol–water partition coefficient (Wildman–Crippen LogP) is 1.65. The van der Waals surface area contributed by atoms with E-state index < -0.39 is 0 Å². The molecule has 5 heteroatoms. The molecule has 0 aliphatic carbocycles. The first-order valence-corrected chi connectivity index (χ1v) is 6.04. The van der Waals surface area contributed by atoms with Gasteiger partial charge in [-0.1, -0.05) is 0 Å². The zero-order valence-electron chi connectivity index (χ0n) is 10.4. The van der Waals surface area contributed by atoms with E-state index in [1.807, 2.05) is 0 Å². The summed E-state index contributed by atoms with van der Waals surface area (Å²) in [5.74, 6) is -0.382. The number of nitrogen functional groups attached to an aromatic ring is 1. The molecule has 1 saturated heterocycles. The lowest BCUT2D eigenvalue weighted by molar-refractivity contribution is 0.0601. The third kappa shape index (κ3) is 2.92. The maximum Gasteiger partial charge on any atom is 0.337 e. The van der Waals surface area contributed by atoms with Gasteiger partial charge in [0.25, 0.3) is 0 Å². The minimum Gasteiger partial charge on any atom is -0.465 e. The Balaban J connectivity index is 1.98. The molecule has 0 bridgehead atoms. The van der Waals surface area contributed by atoms with Crippen LogP contribution < -0.4 is 11.1 Å². The number of esters is 1. The highest BCUT2D eigenvalue weighted by atomic mass is 16.5. The van der Waals surface area contributed by atoms with Gasteiger partial charge in [0, 0.05) is 13.2 Å². The lowest BCUT2D eigenvalue weighted by Gasteiger charge is -2.14. The van der Waals surface area contributed by atoms with Gasteiger partial charge in [0.2, 0.25) is 0 Å². The Bertz CT molecular complexity index is 428. The van der Waals surface area contributed by atoms with Crippen molar-refractivity contribution < 1.29 is 14.3 Å². The Labute approximate surface area is 106 Å². The third-order valence-electron chi connectivity index (χ3n) is 3.02. The van der Waals surface area contributed by atoms with Gasteiger partial charge in [0.15, 0.2) is 0 Å². The van der Waals surface area contributed by atoms with Crippen molar-refractivity contribution in [3.05, 3.63) is 23.8 Å². The number of nitrogens with one attached hydrogen (secondary N) is 1. The van der Waals surface area contributed by atoms with Crippen molar-refractivity contribution in [1.29, 1.82) is 0 Å². The Hall–Kier alpha value is -1.75. The zero-order valence-corrected chi connectivity index (χ0v) is 10.4. The highest BCUT2D eigenvalue weighted by molar-refractivity contribution is 5.91. The number of hydrogen-bond acceptors (Lipinski definition) is 5. The summed E-state index contributed by atoms with van der Waals surface area (Å²) in [6, 6.07) is 5.10. The van der Waals surface area contributed by atoms with E-state index in [1.54, 1.807) is 18.2 Å². The van der Waals surface area contributed by atoms with E-state index >= 15 is 0 Å². The SMILES string of the molecule is COC(=O)c1ccc(NC[C@@H]2CCCO2)c(N)c1. The summed E-state index contributed by atoms with van der Waals surface area (Å²) < 4.78 is 10.2. The average Bonchev–Trinajstić information content (AvgIpc) is 2.89. The molecule has 98 valence electrons. The number of carbonyl (C=O) groups is 1. The molecule has 2 rings (SSSR count). The monoisotopic (exact) mass is 250 g/mol. The van der Waals surface area contributed by atoms with E-state index in [2.05, 4.69) is 10.1 Å². The fraction of sp³-hybridized carbons (Fsp3) is 0.462. The molecule has 1 fully saturated rings. The molecule has 1 atom stereocenters. The molecule has 1 aromatic carbocycles. The van der Waals surface area contributed by atoms with E-state index in [9.17, 15) is 4.79 Å². The normalized spacial score (nSPS) is 18.6. The lowest BCUT2D eigenvalue weighted by atomic mass is 10.1. The van der Waals surface area contributed by atoms with Crippen molar-refractivity contribution in [3.8, 4) is 0 Å². The van der Waals surface area contributed by atoms with Gasteiger partial charge in [-0.2, -0.15) is 0 Å².